The van der Waals surface area contributed by atoms with Crippen LogP contribution >= 0.6 is 0 Å². The summed E-state index contributed by atoms with van der Waals surface area (Å²) in [5.74, 6) is -1.56. The number of hydrogen-bond donors (Lipinski definition) is 1. The molecule has 0 saturated carbocycles. The van der Waals surface area contributed by atoms with Gasteiger partial charge in [-0.2, -0.15) is 0 Å². The molecule has 0 unspecified atom stereocenters. The smallest absolute Gasteiger partial charge is 0.339 e. The molecule has 0 radical (unpaired) electrons. The molecule has 2 aromatic rings. The summed E-state index contributed by atoms with van der Waals surface area (Å²) in [5, 5.41) is 0. The molecule has 0 amide bonds. The summed E-state index contributed by atoms with van der Waals surface area (Å²) in [5.41, 5.74) is 3.53. The number of aromatic nitrogens is 1. The number of rotatable bonds is 6. The number of methoxy groups -OCH3 is 1. The highest BCUT2D eigenvalue weighted by molar-refractivity contribution is 6.04. The summed E-state index contributed by atoms with van der Waals surface area (Å²) in [6.45, 7) is 6.80. The number of nitrogens with one attached hydrogen (secondary N) is 1. The lowest BCUT2D eigenvalue weighted by Gasteiger charge is -2.10. The van der Waals surface area contributed by atoms with Crippen LogP contribution in [0.2, 0.25) is 0 Å². The van der Waals surface area contributed by atoms with Crippen molar-refractivity contribution in [2.75, 3.05) is 7.11 Å². The first-order chi connectivity index (χ1) is 12.7. The fourth-order valence-electron chi connectivity index (χ4n) is 2.72. The van der Waals surface area contributed by atoms with Crippen LogP contribution in [0.25, 0.3) is 6.08 Å². The molecule has 1 heterocycles. The van der Waals surface area contributed by atoms with Crippen LogP contribution in [0.5, 0.6) is 0 Å². The molecule has 142 valence electrons. The molecule has 0 fully saturated rings. The fourth-order valence-corrected chi connectivity index (χ4v) is 2.72. The third-order valence-electron chi connectivity index (χ3n) is 4.22. The Bertz CT molecular complexity index is 890. The minimum atomic E-state index is -0.998. The number of esters is 2. The lowest BCUT2D eigenvalue weighted by Crippen LogP contribution is -2.24. The van der Waals surface area contributed by atoms with E-state index in [1.807, 2.05) is 31.2 Å². The summed E-state index contributed by atoms with van der Waals surface area (Å²) in [7, 11) is 1.28. The maximum absolute atomic E-state index is 12.6. The highest BCUT2D eigenvalue weighted by Gasteiger charge is 2.26. The second-order valence-electron chi connectivity index (χ2n) is 6.30. The van der Waals surface area contributed by atoms with Gasteiger partial charge < -0.3 is 14.5 Å². The average molecular weight is 369 g/mol. The van der Waals surface area contributed by atoms with Crippen LogP contribution in [-0.4, -0.2) is 35.9 Å². The Morgan fingerprint density at radius 1 is 1.07 bits per heavy atom. The normalized spacial score (nSPS) is 12.0. The average Bonchev–Trinajstić information content (AvgIpc) is 2.94. The van der Waals surface area contributed by atoms with Crippen molar-refractivity contribution >= 4 is 23.8 Å². The van der Waals surface area contributed by atoms with Gasteiger partial charge in [0.25, 0.3) is 0 Å². The zero-order valence-corrected chi connectivity index (χ0v) is 16.1. The van der Waals surface area contributed by atoms with Gasteiger partial charge in [-0.25, -0.2) is 9.59 Å². The van der Waals surface area contributed by atoms with E-state index >= 15 is 0 Å². The summed E-state index contributed by atoms with van der Waals surface area (Å²) < 4.78 is 9.92. The van der Waals surface area contributed by atoms with Gasteiger partial charge in [0.05, 0.1) is 18.4 Å². The number of carbonyl (C=O) groups is 3. The third kappa shape index (κ3) is 4.73. The number of benzene rings is 1. The third-order valence-corrected chi connectivity index (χ3v) is 4.22. The van der Waals surface area contributed by atoms with Gasteiger partial charge in [-0.15, -0.1) is 0 Å². The van der Waals surface area contributed by atoms with Crippen molar-refractivity contribution in [2.45, 2.75) is 33.8 Å². The molecular formula is C21H23NO5. The van der Waals surface area contributed by atoms with Crippen molar-refractivity contribution in [3.05, 3.63) is 64.0 Å². The van der Waals surface area contributed by atoms with E-state index in [0.29, 0.717) is 16.8 Å². The first-order valence-corrected chi connectivity index (χ1v) is 8.51. The second-order valence-corrected chi connectivity index (χ2v) is 6.30. The van der Waals surface area contributed by atoms with Crippen LogP contribution in [0.3, 0.4) is 0 Å². The quantitative estimate of drug-likeness (QED) is 0.478. The highest BCUT2D eigenvalue weighted by atomic mass is 16.5. The molecule has 1 aromatic heterocycles. The van der Waals surface area contributed by atoms with E-state index in [1.54, 1.807) is 19.9 Å². The Labute approximate surface area is 158 Å². The predicted octanol–water partition coefficient (Wildman–Crippen LogP) is 3.55. The van der Waals surface area contributed by atoms with Gasteiger partial charge in [0.1, 0.15) is 0 Å². The molecule has 0 aliphatic carbocycles. The number of ether oxygens (including phenoxy) is 2. The molecule has 1 aromatic carbocycles. The van der Waals surface area contributed by atoms with Crippen molar-refractivity contribution < 1.29 is 23.9 Å². The van der Waals surface area contributed by atoms with E-state index in [9.17, 15) is 14.4 Å². The van der Waals surface area contributed by atoms with Gasteiger partial charge in [0.2, 0.25) is 5.78 Å². The molecule has 27 heavy (non-hydrogen) atoms. The van der Waals surface area contributed by atoms with E-state index in [4.69, 9.17) is 9.47 Å². The molecule has 0 bridgehead atoms. The molecule has 0 spiro atoms. The maximum atomic E-state index is 12.6. The Kier molecular flexibility index (Phi) is 6.34. The molecule has 0 aliphatic rings. The zero-order valence-electron chi connectivity index (χ0n) is 16.1. The van der Waals surface area contributed by atoms with E-state index < -0.39 is 23.8 Å². The number of aromatic amines is 1. The largest absolute Gasteiger partial charge is 0.465 e. The van der Waals surface area contributed by atoms with E-state index in [2.05, 4.69) is 4.98 Å². The van der Waals surface area contributed by atoms with Crippen LogP contribution in [0.1, 0.15) is 50.2 Å². The first-order valence-electron chi connectivity index (χ1n) is 8.51. The number of ketones is 1. The molecule has 6 heteroatoms. The van der Waals surface area contributed by atoms with Crippen molar-refractivity contribution in [3.8, 4) is 0 Å². The number of H-pyrrole nitrogens is 1. The van der Waals surface area contributed by atoms with Crippen LogP contribution < -0.4 is 0 Å². The maximum Gasteiger partial charge on any atom is 0.339 e. The van der Waals surface area contributed by atoms with E-state index in [0.717, 1.165) is 11.1 Å². The van der Waals surface area contributed by atoms with Gasteiger partial charge in [0.15, 0.2) is 6.10 Å². The summed E-state index contributed by atoms with van der Waals surface area (Å²) in [6.07, 6.45) is 1.90. The van der Waals surface area contributed by atoms with Crippen LogP contribution in [0, 0.1) is 20.8 Å². The van der Waals surface area contributed by atoms with Crippen molar-refractivity contribution in [2.24, 2.45) is 0 Å². The van der Waals surface area contributed by atoms with Crippen molar-refractivity contribution in [1.82, 2.24) is 4.98 Å². The summed E-state index contributed by atoms with van der Waals surface area (Å²) in [4.78, 5) is 39.3. The summed E-state index contributed by atoms with van der Waals surface area (Å²) >= 11 is 0. The van der Waals surface area contributed by atoms with Gasteiger partial charge in [0, 0.05) is 11.8 Å². The topological polar surface area (TPSA) is 85.5 Å². The zero-order chi connectivity index (χ0) is 20.1. The van der Waals surface area contributed by atoms with Gasteiger partial charge in [-0.3, -0.25) is 4.79 Å². The van der Waals surface area contributed by atoms with Crippen LogP contribution in [-0.2, 0) is 14.3 Å². The monoisotopic (exact) mass is 369 g/mol. The number of aryl methyl sites for hydroxylation is 2. The molecule has 1 atom stereocenters. The molecule has 1 N–H and O–H groups in total. The standard InChI is InChI=1S/C21H23NO5/c1-12-6-8-16(9-7-12)10-11-17(23)27-15(4)20(24)19-13(2)18(14(3)22-19)21(25)26-5/h6-11,15,22H,1-5H3/b11-10+/t15-/m1/s1. The Morgan fingerprint density at radius 3 is 2.30 bits per heavy atom. The SMILES string of the molecule is COC(=O)c1c(C)[nH]c(C(=O)[C@@H](C)OC(=O)/C=C/c2ccc(C)cc2)c1C. The molecule has 0 saturated heterocycles. The number of carbonyl (C=O) groups excluding carboxylic acids is 3. The van der Waals surface area contributed by atoms with Gasteiger partial charge in [-0.05, 0) is 44.9 Å². The van der Waals surface area contributed by atoms with Crippen molar-refractivity contribution in [3.63, 3.8) is 0 Å². The molecule has 6 nitrogen and oxygen atoms in total. The number of hydrogen-bond acceptors (Lipinski definition) is 5. The second kappa shape index (κ2) is 8.49. The molecular weight excluding hydrogens is 346 g/mol. The minimum Gasteiger partial charge on any atom is -0.465 e. The minimum absolute atomic E-state index is 0.232. The molecule has 0 aliphatic heterocycles. The first kappa shape index (κ1) is 20.2. The van der Waals surface area contributed by atoms with E-state index in [1.165, 1.54) is 20.1 Å². The Hall–Kier alpha value is -3.15. The van der Waals surface area contributed by atoms with Gasteiger partial charge >= 0.3 is 11.9 Å². The number of Topliss-reactive ketones (excluding diaryl/α,β-unsaturated/α-hetero) is 1. The predicted molar refractivity (Wildman–Crippen MR) is 102 cm³/mol. The van der Waals surface area contributed by atoms with Crippen molar-refractivity contribution in [1.29, 1.82) is 0 Å². The Balaban J connectivity index is 2.08. The molecule has 2 rings (SSSR count). The summed E-state index contributed by atoms with van der Waals surface area (Å²) in [6, 6.07) is 7.64. The fraction of sp³-hybridized carbons (Fsp3) is 0.286. The van der Waals surface area contributed by atoms with Crippen LogP contribution in [0.15, 0.2) is 30.3 Å². The Morgan fingerprint density at radius 2 is 1.70 bits per heavy atom. The van der Waals surface area contributed by atoms with Gasteiger partial charge in [-0.1, -0.05) is 29.8 Å². The van der Waals surface area contributed by atoms with E-state index in [-0.39, 0.29) is 5.69 Å². The lowest BCUT2D eigenvalue weighted by molar-refractivity contribution is -0.140. The highest BCUT2D eigenvalue weighted by Crippen LogP contribution is 2.21. The lowest BCUT2D eigenvalue weighted by atomic mass is 10.1. The van der Waals surface area contributed by atoms with Crippen LogP contribution in [0.4, 0.5) is 0 Å².